The zero-order valence-electron chi connectivity index (χ0n) is 15.4. The molecule has 1 amide bonds. The molecule has 0 saturated carbocycles. The minimum absolute atomic E-state index is 0.113. The minimum atomic E-state index is -0.124. The van der Waals surface area contributed by atoms with Crippen molar-refractivity contribution in [2.75, 3.05) is 11.9 Å². The van der Waals surface area contributed by atoms with Crippen LogP contribution in [0.5, 0.6) is 0 Å². The van der Waals surface area contributed by atoms with Crippen molar-refractivity contribution in [2.24, 2.45) is 7.05 Å². The summed E-state index contributed by atoms with van der Waals surface area (Å²) in [5.41, 5.74) is 2.74. The lowest BCUT2D eigenvalue weighted by Crippen LogP contribution is -2.37. The van der Waals surface area contributed by atoms with E-state index in [9.17, 15) is 4.79 Å². The summed E-state index contributed by atoms with van der Waals surface area (Å²) in [6, 6.07) is 17.1. The van der Waals surface area contributed by atoms with E-state index >= 15 is 0 Å². The minimum Gasteiger partial charge on any atom is -0.357 e. The number of thiocarbonyl (C=S) groups is 1. The first-order valence-corrected chi connectivity index (χ1v) is 9.47. The van der Waals surface area contributed by atoms with Gasteiger partial charge in [-0.25, -0.2) is 0 Å². The molecule has 3 heterocycles. The van der Waals surface area contributed by atoms with E-state index in [1.807, 2.05) is 71.2 Å². The van der Waals surface area contributed by atoms with E-state index in [2.05, 4.69) is 27.9 Å². The first-order chi connectivity index (χ1) is 13.6. The molecule has 0 spiro atoms. The first-order valence-electron chi connectivity index (χ1n) is 9.06. The van der Waals surface area contributed by atoms with Crippen molar-refractivity contribution >= 4 is 28.9 Å². The van der Waals surface area contributed by atoms with Gasteiger partial charge in [0, 0.05) is 31.3 Å². The summed E-state index contributed by atoms with van der Waals surface area (Å²) < 4.78 is 1.99. The molecule has 1 aromatic carbocycles. The summed E-state index contributed by atoms with van der Waals surface area (Å²) in [6.07, 6.45) is 5.82. The topological polar surface area (TPSA) is 62.2 Å². The maximum absolute atomic E-state index is 12.7. The van der Waals surface area contributed by atoms with Crippen LogP contribution in [0.4, 0.5) is 5.69 Å². The Morgan fingerprint density at radius 2 is 1.96 bits per heavy atom. The van der Waals surface area contributed by atoms with Crippen molar-refractivity contribution < 1.29 is 4.79 Å². The molecule has 1 aliphatic heterocycles. The third-order valence-corrected chi connectivity index (χ3v) is 5.12. The fourth-order valence-electron chi connectivity index (χ4n) is 3.52. The van der Waals surface area contributed by atoms with E-state index in [0.717, 1.165) is 16.9 Å². The highest BCUT2D eigenvalue weighted by Gasteiger charge is 2.40. The van der Waals surface area contributed by atoms with Gasteiger partial charge in [-0.1, -0.05) is 24.3 Å². The monoisotopic (exact) mass is 391 g/mol. The second-order valence-corrected chi connectivity index (χ2v) is 7.17. The number of carbonyl (C=O) groups is 1. The number of aryl methyl sites for hydroxylation is 1. The molecular weight excluding hydrogens is 370 g/mol. The van der Waals surface area contributed by atoms with Gasteiger partial charge in [-0.2, -0.15) is 0 Å². The summed E-state index contributed by atoms with van der Waals surface area (Å²) in [6.45, 7) is 0.156. The van der Waals surface area contributed by atoms with E-state index in [0.29, 0.717) is 5.11 Å². The number of hydrogen-bond acceptors (Lipinski definition) is 3. The molecule has 1 aliphatic rings. The lowest BCUT2D eigenvalue weighted by atomic mass is 9.99. The van der Waals surface area contributed by atoms with Crippen molar-refractivity contribution in [3.8, 4) is 0 Å². The van der Waals surface area contributed by atoms with Gasteiger partial charge in [0.05, 0.1) is 17.8 Å². The van der Waals surface area contributed by atoms with E-state index < -0.39 is 0 Å². The van der Waals surface area contributed by atoms with Crippen LogP contribution in [0.2, 0.25) is 0 Å². The second kappa shape index (κ2) is 7.82. The third kappa shape index (κ3) is 3.75. The molecular formula is C21H21N5OS. The number of amides is 1. The fraction of sp³-hybridized carbons (Fsp3) is 0.190. The van der Waals surface area contributed by atoms with Crippen molar-refractivity contribution in [3.05, 3.63) is 84.4 Å². The van der Waals surface area contributed by atoms with Gasteiger partial charge in [-0.05, 0) is 48.1 Å². The largest absolute Gasteiger partial charge is 0.357 e. The molecule has 6 nitrogen and oxygen atoms in total. The SMILES string of the molecule is Cn1ccc([C@@H]2[C@@H](c3ccccn3)NC(=S)N2CC(=O)Nc2ccccc2)c1. The van der Waals surface area contributed by atoms with Gasteiger partial charge in [0.25, 0.3) is 0 Å². The van der Waals surface area contributed by atoms with Crippen LogP contribution >= 0.6 is 12.2 Å². The summed E-state index contributed by atoms with van der Waals surface area (Å²) >= 11 is 5.58. The predicted molar refractivity (Wildman–Crippen MR) is 113 cm³/mol. The molecule has 1 saturated heterocycles. The normalized spacial score (nSPS) is 18.8. The van der Waals surface area contributed by atoms with E-state index in [1.165, 1.54) is 0 Å². The number of rotatable bonds is 5. The van der Waals surface area contributed by atoms with Crippen LogP contribution in [0.1, 0.15) is 23.3 Å². The van der Waals surface area contributed by atoms with Crippen LogP contribution in [-0.4, -0.2) is 32.0 Å². The molecule has 0 unspecified atom stereocenters. The van der Waals surface area contributed by atoms with Crippen LogP contribution in [0.25, 0.3) is 0 Å². The third-order valence-electron chi connectivity index (χ3n) is 4.77. The number of para-hydroxylation sites is 1. The molecule has 28 heavy (non-hydrogen) atoms. The van der Waals surface area contributed by atoms with Crippen LogP contribution in [0.15, 0.2) is 73.2 Å². The summed E-state index contributed by atoms with van der Waals surface area (Å²) in [7, 11) is 1.98. The molecule has 0 bridgehead atoms. The quantitative estimate of drug-likeness (QED) is 0.655. The molecule has 0 radical (unpaired) electrons. The van der Waals surface area contributed by atoms with E-state index in [1.54, 1.807) is 6.20 Å². The Morgan fingerprint density at radius 1 is 1.18 bits per heavy atom. The second-order valence-electron chi connectivity index (χ2n) is 6.78. The maximum Gasteiger partial charge on any atom is 0.244 e. The van der Waals surface area contributed by atoms with Crippen molar-refractivity contribution in [1.82, 2.24) is 19.8 Å². The Labute approximate surface area is 169 Å². The predicted octanol–water partition coefficient (Wildman–Crippen LogP) is 3.03. The molecule has 2 aromatic heterocycles. The van der Waals surface area contributed by atoms with Crippen molar-refractivity contribution in [3.63, 3.8) is 0 Å². The number of aromatic nitrogens is 2. The Bertz CT molecular complexity index is 973. The standard InChI is InChI=1S/C21H21N5OS/c1-25-12-10-15(13-25)20-19(17-9-5-6-11-22-17)24-21(28)26(20)14-18(27)23-16-7-3-2-4-8-16/h2-13,19-20H,14H2,1H3,(H,23,27)(H,24,28)/t19-,20-/m1/s1. The number of nitrogens with one attached hydrogen (secondary N) is 2. The van der Waals surface area contributed by atoms with Crippen LogP contribution in [-0.2, 0) is 11.8 Å². The Hall–Kier alpha value is -3.19. The smallest absolute Gasteiger partial charge is 0.244 e. The molecule has 2 N–H and O–H groups in total. The van der Waals surface area contributed by atoms with Gasteiger partial charge in [0.2, 0.25) is 5.91 Å². The van der Waals surface area contributed by atoms with Gasteiger partial charge < -0.3 is 20.1 Å². The first kappa shape index (κ1) is 18.2. The Kier molecular flexibility index (Phi) is 5.08. The number of carbonyl (C=O) groups excluding carboxylic acids is 1. The van der Waals surface area contributed by atoms with E-state index in [-0.39, 0.29) is 24.5 Å². The zero-order chi connectivity index (χ0) is 19.5. The number of anilines is 1. The summed E-state index contributed by atoms with van der Waals surface area (Å²) in [5.74, 6) is -0.113. The Morgan fingerprint density at radius 3 is 2.64 bits per heavy atom. The summed E-state index contributed by atoms with van der Waals surface area (Å²) in [4.78, 5) is 19.1. The molecule has 7 heteroatoms. The molecule has 142 valence electrons. The van der Waals surface area contributed by atoms with Crippen molar-refractivity contribution in [1.29, 1.82) is 0 Å². The van der Waals surface area contributed by atoms with Crippen molar-refractivity contribution in [2.45, 2.75) is 12.1 Å². The van der Waals surface area contributed by atoms with Gasteiger partial charge in [0.15, 0.2) is 5.11 Å². The Balaban J connectivity index is 1.61. The van der Waals surface area contributed by atoms with Gasteiger partial charge in [-0.3, -0.25) is 9.78 Å². The molecule has 0 aliphatic carbocycles. The maximum atomic E-state index is 12.7. The van der Waals surface area contributed by atoms with Crippen LogP contribution < -0.4 is 10.6 Å². The van der Waals surface area contributed by atoms with Crippen LogP contribution in [0.3, 0.4) is 0 Å². The highest BCUT2D eigenvalue weighted by Crippen LogP contribution is 2.38. The van der Waals surface area contributed by atoms with Crippen LogP contribution in [0, 0.1) is 0 Å². The molecule has 3 aromatic rings. The highest BCUT2D eigenvalue weighted by atomic mass is 32.1. The fourth-order valence-corrected chi connectivity index (χ4v) is 3.82. The average molecular weight is 392 g/mol. The number of nitrogens with zero attached hydrogens (tertiary/aromatic N) is 3. The summed E-state index contributed by atoms with van der Waals surface area (Å²) in [5, 5.41) is 6.83. The zero-order valence-corrected chi connectivity index (χ0v) is 16.3. The molecule has 2 atom stereocenters. The number of pyridine rings is 1. The highest BCUT2D eigenvalue weighted by molar-refractivity contribution is 7.80. The average Bonchev–Trinajstić information content (AvgIpc) is 3.26. The molecule has 1 fully saturated rings. The van der Waals surface area contributed by atoms with Gasteiger partial charge in [0.1, 0.15) is 6.54 Å². The lowest BCUT2D eigenvalue weighted by Gasteiger charge is -2.26. The van der Waals surface area contributed by atoms with Gasteiger partial charge in [-0.15, -0.1) is 0 Å². The lowest BCUT2D eigenvalue weighted by molar-refractivity contribution is -0.116. The number of hydrogen-bond donors (Lipinski definition) is 2. The molecule has 4 rings (SSSR count). The van der Waals surface area contributed by atoms with E-state index in [4.69, 9.17) is 12.2 Å². The number of benzene rings is 1. The van der Waals surface area contributed by atoms with Gasteiger partial charge >= 0.3 is 0 Å².